The molecule has 4 nitrogen and oxygen atoms in total. The molecule has 3 rings (SSSR count). The van der Waals surface area contributed by atoms with Gasteiger partial charge in [0.2, 0.25) is 0 Å². The van der Waals surface area contributed by atoms with Gasteiger partial charge in [-0.15, -0.1) is 0 Å². The van der Waals surface area contributed by atoms with E-state index in [1.165, 1.54) is 29.5 Å². The van der Waals surface area contributed by atoms with Gasteiger partial charge in [0.05, 0.1) is 6.54 Å². The smallest absolute Gasteiger partial charge is 0.410 e. The van der Waals surface area contributed by atoms with Crippen molar-refractivity contribution in [1.82, 2.24) is 9.80 Å². The summed E-state index contributed by atoms with van der Waals surface area (Å²) in [6.07, 6.45) is 6.03. The highest BCUT2D eigenvalue weighted by atomic mass is 35.5. The van der Waals surface area contributed by atoms with E-state index in [1.54, 1.807) is 11.0 Å². The van der Waals surface area contributed by atoms with Crippen LogP contribution < -0.4 is 0 Å². The lowest BCUT2D eigenvalue weighted by atomic mass is 9.98. The molecule has 1 aliphatic heterocycles. The Morgan fingerprint density at radius 2 is 1.89 bits per heavy atom. The van der Waals surface area contributed by atoms with Crippen molar-refractivity contribution in [3.63, 3.8) is 0 Å². The molecule has 186 valence electrons. The van der Waals surface area contributed by atoms with E-state index in [9.17, 15) is 4.79 Å². The maximum Gasteiger partial charge on any atom is 0.410 e. The SMILES string of the molecule is C=C(Cl)/C=C\C(=C)CC1CN(Cc2ccc(-c3ccccc3CN(CC)CCCC)cc2)C(=O)O1. The Morgan fingerprint density at radius 1 is 1.14 bits per heavy atom. The van der Waals surface area contributed by atoms with Crippen LogP contribution in [-0.4, -0.2) is 41.6 Å². The number of rotatable bonds is 13. The van der Waals surface area contributed by atoms with Crippen molar-refractivity contribution in [2.45, 2.75) is 52.3 Å². The number of allylic oxidation sites excluding steroid dienone is 3. The summed E-state index contributed by atoms with van der Waals surface area (Å²) in [5, 5.41) is 0.446. The first-order valence-corrected chi connectivity index (χ1v) is 12.8. The Morgan fingerprint density at radius 3 is 2.57 bits per heavy atom. The third-order valence-corrected chi connectivity index (χ3v) is 6.39. The quantitative estimate of drug-likeness (QED) is 0.270. The number of ether oxygens (including phenoxy) is 1. The molecule has 0 N–H and O–H groups in total. The zero-order valence-electron chi connectivity index (χ0n) is 21.0. The Kier molecular flexibility index (Phi) is 10.2. The minimum atomic E-state index is -0.283. The van der Waals surface area contributed by atoms with Gasteiger partial charge in [-0.2, -0.15) is 0 Å². The lowest BCUT2D eigenvalue weighted by molar-refractivity contribution is 0.132. The number of nitrogens with zero attached hydrogens (tertiary/aromatic N) is 2. The van der Waals surface area contributed by atoms with E-state index in [4.69, 9.17) is 16.3 Å². The topological polar surface area (TPSA) is 32.8 Å². The normalized spacial score (nSPS) is 15.7. The predicted octanol–water partition coefficient (Wildman–Crippen LogP) is 7.55. The molecule has 2 aromatic carbocycles. The summed E-state index contributed by atoms with van der Waals surface area (Å²) in [4.78, 5) is 16.6. The van der Waals surface area contributed by atoms with E-state index in [2.05, 4.69) is 80.4 Å². The number of hydrogen-bond acceptors (Lipinski definition) is 3. The standard InChI is InChI=1S/C30H37ClN2O2/c1-5-7-18-32(6-2)21-27-10-8-9-11-29(27)26-16-14-25(15-17-26)20-33-22-28(35-30(33)34)19-23(3)12-13-24(4)31/h8-17,28H,3-7,18-22H2,1-2H3/b13-12-. The molecule has 1 amide bonds. The van der Waals surface area contributed by atoms with Crippen LogP contribution in [0.2, 0.25) is 0 Å². The van der Waals surface area contributed by atoms with E-state index in [0.29, 0.717) is 24.5 Å². The van der Waals surface area contributed by atoms with Crippen molar-refractivity contribution in [2.24, 2.45) is 0 Å². The van der Waals surface area contributed by atoms with Crippen LogP contribution in [0.5, 0.6) is 0 Å². The van der Waals surface area contributed by atoms with Gasteiger partial charge in [0.15, 0.2) is 0 Å². The van der Waals surface area contributed by atoms with Gasteiger partial charge in [0.1, 0.15) is 6.10 Å². The van der Waals surface area contributed by atoms with Crippen LogP contribution in [-0.2, 0) is 17.8 Å². The predicted molar refractivity (Wildman–Crippen MR) is 146 cm³/mol. The molecule has 0 bridgehead atoms. The number of hydrogen-bond donors (Lipinski definition) is 0. The highest BCUT2D eigenvalue weighted by Gasteiger charge is 2.31. The average molecular weight is 493 g/mol. The number of benzene rings is 2. The molecular formula is C30H37ClN2O2. The molecular weight excluding hydrogens is 456 g/mol. The molecule has 1 aliphatic rings. The summed E-state index contributed by atoms with van der Waals surface area (Å²) in [5.74, 6) is 0. The van der Waals surface area contributed by atoms with Gasteiger partial charge < -0.3 is 9.64 Å². The summed E-state index contributed by atoms with van der Waals surface area (Å²) in [6, 6.07) is 17.2. The van der Waals surface area contributed by atoms with Crippen LogP contribution in [0.1, 0.15) is 44.2 Å². The van der Waals surface area contributed by atoms with Gasteiger partial charge in [-0.1, -0.05) is 105 Å². The largest absolute Gasteiger partial charge is 0.444 e. The number of cyclic esters (lactones) is 1. The van der Waals surface area contributed by atoms with Crippen LogP contribution in [0.15, 0.2) is 84.4 Å². The van der Waals surface area contributed by atoms with Gasteiger partial charge in [0, 0.05) is 24.5 Å². The van der Waals surface area contributed by atoms with Gasteiger partial charge >= 0.3 is 6.09 Å². The number of halogens is 1. The third kappa shape index (κ3) is 8.12. The van der Waals surface area contributed by atoms with Crippen LogP contribution in [0, 0.1) is 0 Å². The lowest BCUT2D eigenvalue weighted by Gasteiger charge is -2.22. The molecule has 1 unspecified atom stereocenters. The minimum absolute atomic E-state index is 0.205. The second-order valence-corrected chi connectivity index (χ2v) is 9.59. The molecule has 35 heavy (non-hydrogen) atoms. The molecule has 0 radical (unpaired) electrons. The van der Waals surface area contributed by atoms with Gasteiger partial charge in [-0.25, -0.2) is 4.79 Å². The molecule has 2 aromatic rings. The Labute approximate surface area is 215 Å². The molecule has 0 spiro atoms. The van der Waals surface area contributed by atoms with Crippen molar-refractivity contribution < 1.29 is 9.53 Å². The summed E-state index contributed by atoms with van der Waals surface area (Å²) < 4.78 is 5.54. The molecule has 0 aromatic heterocycles. The van der Waals surface area contributed by atoms with Crippen molar-refractivity contribution in [1.29, 1.82) is 0 Å². The number of carbonyl (C=O) groups excluding carboxylic acids is 1. The highest BCUT2D eigenvalue weighted by Crippen LogP contribution is 2.27. The zero-order chi connectivity index (χ0) is 25.2. The number of amides is 1. The molecule has 0 saturated carbocycles. The average Bonchev–Trinajstić information content (AvgIpc) is 3.19. The lowest BCUT2D eigenvalue weighted by Crippen LogP contribution is -2.24. The van der Waals surface area contributed by atoms with Crippen LogP contribution in [0.4, 0.5) is 4.79 Å². The van der Waals surface area contributed by atoms with Crippen molar-refractivity contribution in [3.05, 3.63) is 95.6 Å². The summed E-state index contributed by atoms with van der Waals surface area (Å²) >= 11 is 5.76. The Balaban J connectivity index is 1.62. The molecule has 1 saturated heterocycles. The summed E-state index contributed by atoms with van der Waals surface area (Å²) in [7, 11) is 0. The zero-order valence-corrected chi connectivity index (χ0v) is 21.8. The first-order chi connectivity index (χ1) is 16.9. The fourth-order valence-electron chi connectivity index (χ4n) is 4.30. The highest BCUT2D eigenvalue weighted by molar-refractivity contribution is 6.30. The molecule has 1 fully saturated rings. The van der Waals surface area contributed by atoms with Crippen molar-refractivity contribution >= 4 is 17.7 Å². The monoisotopic (exact) mass is 492 g/mol. The number of unbranched alkanes of at least 4 members (excludes halogenated alkanes) is 1. The van der Waals surface area contributed by atoms with Crippen molar-refractivity contribution in [2.75, 3.05) is 19.6 Å². The van der Waals surface area contributed by atoms with Crippen LogP contribution in [0.3, 0.4) is 0 Å². The van der Waals surface area contributed by atoms with Gasteiger partial charge in [-0.05, 0) is 47.8 Å². The third-order valence-electron chi connectivity index (χ3n) is 6.26. The van der Waals surface area contributed by atoms with E-state index < -0.39 is 0 Å². The fourth-order valence-corrected chi connectivity index (χ4v) is 4.36. The van der Waals surface area contributed by atoms with E-state index in [-0.39, 0.29) is 12.2 Å². The Bertz CT molecular complexity index is 1040. The van der Waals surface area contributed by atoms with Crippen molar-refractivity contribution in [3.8, 4) is 11.1 Å². The first kappa shape index (κ1) is 26.8. The van der Waals surface area contributed by atoms with Gasteiger partial charge in [-0.3, -0.25) is 4.90 Å². The van der Waals surface area contributed by atoms with E-state index in [0.717, 1.165) is 30.8 Å². The summed E-state index contributed by atoms with van der Waals surface area (Å²) in [6.45, 7) is 16.3. The summed E-state index contributed by atoms with van der Waals surface area (Å²) in [5.41, 5.74) is 5.74. The second kappa shape index (κ2) is 13.3. The van der Waals surface area contributed by atoms with E-state index >= 15 is 0 Å². The second-order valence-electron chi connectivity index (χ2n) is 9.11. The maximum absolute atomic E-state index is 12.4. The molecule has 5 heteroatoms. The van der Waals surface area contributed by atoms with E-state index in [1.807, 2.05) is 6.08 Å². The molecule has 1 heterocycles. The first-order valence-electron chi connectivity index (χ1n) is 12.4. The van der Waals surface area contributed by atoms with Crippen LogP contribution in [0.25, 0.3) is 11.1 Å². The minimum Gasteiger partial charge on any atom is -0.444 e. The van der Waals surface area contributed by atoms with Gasteiger partial charge in [0.25, 0.3) is 0 Å². The fraction of sp³-hybridized carbons (Fsp3) is 0.367. The number of carbonyl (C=O) groups is 1. The molecule has 1 atom stereocenters. The Hall–Kier alpha value is -2.82. The van der Waals surface area contributed by atoms with Crippen LogP contribution >= 0.6 is 11.6 Å². The maximum atomic E-state index is 12.4. The molecule has 0 aliphatic carbocycles.